The Labute approximate surface area is 96.7 Å². The fourth-order valence-corrected chi connectivity index (χ4v) is 1.82. The summed E-state index contributed by atoms with van der Waals surface area (Å²) in [6.07, 6.45) is 0. The maximum absolute atomic E-state index is 13.1. The third-order valence-corrected chi connectivity index (χ3v) is 2.41. The predicted octanol–water partition coefficient (Wildman–Crippen LogP) is 2.34. The number of nitrogens with zero attached hydrogens (tertiary/aromatic N) is 1. The Bertz CT molecular complexity index is 357. The van der Waals surface area contributed by atoms with E-state index in [-0.39, 0.29) is 5.82 Å². The van der Waals surface area contributed by atoms with Gasteiger partial charge in [-0.3, -0.25) is 4.90 Å². The van der Waals surface area contributed by atoms with E-state index in [9.17, 15) is 9.50 Å². The largest absolute Gasteiger partial charge is 0.389 e. The maximum atomic E-state index is 13.1. The Balaban J connectivity index is 2.69. The Morgan fingerprint density at radius 1 is 1.38 bits per heavy atom. The lowest BCUT2D eigenvalue weighted by atomic mass is 10.1. The lowest BCUT2D eigenvalue weighted by Crippen LogP contribution is -2.35. The van der Waals surface area contributed by atoms with Gasteiger partial charge in [0, 0.05) is 13.1 Å². The van der Waals surface area contributed by atoms with E-state index in [4.69, 9.17) is 0 Å². The molecular weight excluding hydrogens is 205 g/mol. The minimum absolute atomic E-state index is 0.211. The molecule has 1 aromatic rings. The number of rotatable bonds is 4. The van der Waals surface area contributed by atoms with Crippen molar-refractivity contribution in [1.29, 1.82) is 0 Å². The Kier molecular flexibility index (Phi) is 4.05. The molecule has 3 heteroatoms. The fourth-order valence-electron chi connectivity index (χ4n) is 1.82. The average Bonchev–Trinajstić information content (AvgIpc) is 2.08. The van der Waals surface area contributed by atoms with E-state index in [1.165, 1.54) is 6.07 Å². The average molecular weight is 225 g/mol. The minimum atomic E-state index is -0.726. The van der Waals surface area contributed by atoms with Gasteiger partial charge in [-0.05, 0) is 51.1 Å². The highest BCUT2D eigenvalue weighted by molar-refractivity contribution is 5.26. The van der Waals surface area contributed by atoms with Crippen LogP contribution in [0.25, 0.3) is 0 Å². The number of likely N-dealkylation sites (N-methyl/N-ethyl adjacent to an activating group) is 1. The second-order valence-electron chi connectivity index (χ2n) is 5.06. The maximum Gasteiger partial charge on any atom is 0.123 e. The second kappa shape index (κ2) is 4.93. The zero-order valence-corrected chi connectivity index (χ0v) is 10.4. The predicted molar refractivity (Wildman–Crippen MR) is 63.8 cm³/mol. The third-order valence-electron chi connectivity index (χ3n) is 2.41. The van der Waals surface area contributed by atoms with Crippen LogP contribution in [-0.2, 0) is 6.54 Å². The van der Waals surface area contributed by atoms with Crippen molar-refractivity contribution < 1.29 is 9.50 Å². The van der Waals surface area contributed by atoms with Crippen LogP contribution in [0.5, 0.6) is 0 Å². The summed E-state index contributed by atoms with van der Waals surface area (Å²) in [5.74, 6) is -0.211. The van der Waals surface area contributed by atoms with Crippen LogP contribution in [0.3, 0.4) is 0 Å². The van der Waals surface area contributed by atoms with Gasteiger partial charge in [0.05, 0.1) is 5.60 Å². The van der Waals surface area contributed by atoms with Crippen LogP contribution >= 0.6 is 0 Å². The van der Waals surface area contributed by atoms with Crippen LogP contribution < -0.4 is 0 Å². The summed E-state index contributed by atoms with van der Waals surface area (Å²) in [7, 11) is 1.92. The number of aryl methyl sites for hydroxylation is 1. The van der Waals surface area contributed by atoms with E-state index in [1.54, 1.807) is 26.0 Å². The van der Waals surface area contributed by atoms with Crippen molar-refractivity contribution in [2.24, 2.45) is 0 Å². The quantitative estimate of drug-likeness (QED) is 0.850. The molecule has 0 saturated carbocycles. The standard InChI is InChI=1S/C13H20FNO/c1-10-5-6-12(14)7-11(10)8-15(4)9-13(2,3)16/h5-7,16H,8-9H2,1-4H3. The molecule has 0 radical (unpaired) electrons. The van der Waals surface area contributed by atoms with Gasteiger partial charge in [-0.15, -0.1) is 0 Å². The summed E-state index contributed by atoms with van der Waals surface area (Å²) in [6, 6.07) is 4.80. The molecule has 0 aromatic heterocycles. The summed E-state index contributed by atoms with van der Waals surface area (Å²) in [6.45, 7) is 6.70. The Hall–Kier alpha value is -0.930. The molecule has 1 rings (SSSR count). The number of hydrogen-bond acceptors (Lipinski definition) is 2. The van der Waals surface area contributed by atoms with Gasteiger partial charge in [0.2, 0.25) is 0 Å². The molecule has 1 N–H and O–H groups in total. The number of aliphatic hydroxyl groups is 1. The molecule has 0 heterocycles. The first-order valence-corrected chi connectivity index (χ1v) is 5.44. The zero-order chi connectivity index (χ0) is 12.3. The smallest absolute Gasteiger partial charge is 0.123 e. The van der Waals surface area contributed by atoms with Crippen LogP contribution in [0, 0.1) is 12.7 Å². The van der Waals surface area contributed by atoms with Crippen molar-refractivity contribution in [3.63, 3.8) is 0 Å². The number of hydrogen-bond donors (Lipinski definition) is 1. The molecule has 0 amide bonds. The van der Waals surface area contributed by atoms with E-state index in [0.29, 0.717) is 13.1 Å². The summed E-state index contributed by atoms with van der Waals surface area (Å²) in [5.41, 5.74) is 1.31. The zero-order valence-electron chi connectivity index (χ0n) is 10.4. The molecule has 0 unspecified atom stereocenters. The van der Waals surface area contributed by atoms with Crippen molar-refractivity contribution >= 4 is 0 Å². The van der Waals surface area contributed by atoms with Gasteiger partial charge >= 0.3 is 0 Å². The van der Waals surface area contributed by atoms with E-state index >= 15 is 0 Å². The molecule has 0 bridgehead atoms. The van der Waals surface area contributed by atoms with Crippen LogP contribution in [0.15, 0.2) is 18.2 Å². The highest BCUT2D eigenvalue weighted by Gasteiger charge is 2.16. The summed E-state index contributed by atoms with van der Waals surface area (Å²) < 4.78 is 13.1. The first-order chi connectivity index (χ1) is 7.28. The normalized spacial score (nSPS) is 12.2. The van der Waals surface area contributed by atoms with Crippen molar-refractivity contribution in [3.8, 4) is 0 Å². The molecule has 0 atom stereocenters. The highest BCUT2D eigenvalue weighted by atomic mass is 19.1. The van der Waals surface area contributed by atoms with Crippen LogP contribution in [0.2, 0.25) is 0 Å². The van der Waals surface area contributed by atoms with Crippen LogP contribution in [0.1, 0.15) is 25.0 Å². The summed E-state index contributed by atoms with van der Waals surface area (Å²) in [4.78, 5) is 1.99. The van der Waals surface area contributed by atoms with Crippen molar-refractivity contribution in [2.45, 2.75) is 32.9 Å². The molecule has 0 spiro atoms. The summed E-state index contributed by atoms with van der Waals surface area (Å²) in [5, 5.41) is 9.67. The molecule has 0 aliphatic heterocycles. The van der Waals surface area contributed by atoms with Gasteiger partial charge in [-0.1, -0.05) is 6.07 Å². The lowest BCUT2D eigenvalue weighted by Gasteiger charge is -2.25. The van der Waals surface area contributed by atoms with Crippen LogP contribution in [0.4, 0.5) is 4.39 Å². The molecule has 16 heavy (non-hydrogen) atoms. The van der Waals surface area contributed by atoms with E-state index in [2.05, 4.69) is 0 Å². The van der Waals surface area contributed by atoms with Gasteiger partial charge in [-0.25, -0.2) is 4.39 Å². The van der Waals surface area contributed by atoms with E-state index in [1.807, 2.05) is 18.9 Å². The first kappa shape index (κ1) is 13.1. The lowest BCUT2D eigenvalue weighted by molar-refractivity contribution is 0.0424. The summed E-state index contributed by atoms with van der Waals surface area (Å²) >= 11 is 0. The first-order valence-electron chi connectivity index (χ1n) is 5.44. The minimum Gasteiger partial charge on any atom is -0.389 e. The van der Waals surface area contributed by atoms with Gasteiger partial charge in [0.15, 0.2) is 0 Å². The molecule has 1 aromatic carbocycles. The Morgan fingerprint density at radius 3 is 2.56 bits per heavy atom. The van der Waals surface area contributed by atoms with Crippen LogP contribution in [-0.4, -0.2) is 29.2 Å². The van der Waals surface area contributed by atoms with E-state index < -0.39 is 5.60 Å². The van der Waals surface area contributed by atoms with Crippen molar-refractivity contribution in [1.82, 2.24) is 4.90 Å². The monoisotopic (exact) mass is 225 g/mol. The SMILES string of the molecule is Cc1ccc(F)cc1CN(C)CC(C)(C)O. The number of halogens is 1. The topological polar surface area (TPSA) is 23.5 Å². The molecular formula is C13H20FNO. The second-order valence-corrected chi connectivity index (χ2v) is 5.06. The van der Waals surface area contributed by atoms with E-state index in [0.717, 1.165) is 11.1 Å². The molecule has 0 aliphatic carbocycles. The van der Waals surface area contributed by atoms with Gasteiger partial charge in [-0.2, -0.15) is 0 Å². The molecule has 0 saturated heterocycles. The Morgan fingerprint density at radius 2 is 2.00 bits per heavy atom. The van der Waals surface area contributed by atoms with Gasteiger partial charge < -0.3 is 5.11 Å². The molecule has 0 aliphatic rings. The van der Waals surface area contributed by atoms with Gasteiger partial charge in [0.25, 0.3) is 0 Å². The molecule has 0 fully saturated rings. The fraction of sp³-hybridized carbons (Fsp3) is 0.538. The van der Waals surface area contributed by atoms with Crippen molar-refractivity contribution in [3.05, 3.63) is 35.1 Å². The number of benzene rings is 1. The highest BCUT2D eigenvalue weighted by Crippen LogP contribution is 2.13. The molecule has 2 nitrogen and oxygen atoms in total. The molecule has 90 valence electrons. The third kappa shape index (κ3) is 4.29. The van der Waals surface area contributed by atoms with Crippen molar-refractivity contribution in [2.75, 3.05) is 13.6 Å². The van der Waals surface area contributed by atoms with Gasteiger partial charge in [0.1, 0.15) is 5.82 Å².